The van der Waals surface area contributed by atoms with Crippen molar-refractivity contribution >= 4 is 0 Å². The molecule has 0 amide bonds. The number of hydrogen-bond donors (Lipinski definition) is 0. The average molecular weight is 270 g/mol. The number of hydrogen-bond acceptors (Lipinski definition) is 0. The van der Waals surface area contributed by atoms with Crippen LogP contribution in [-0.4, -0.2) is 0 Å². The van der Waals surface area contributed by atoms with Crippen molar-refractivity contribution in [3.8, 4) is 0 Å². The lowest BCUT2D eigenvalue weighted by atomic mass is 9.94. The molecule has 1 heteroatoms. The van der Waals surface area contributed by atoms with Gasteiger partial charge in [0.05, 0.1) is 0 Å². The van der Waals surface area contributed by atoms with E-state index in [-0.39, 0.29) is 5.82 Å². The topological polar surface area (TPSA) is 0 Å². The van der Waals surface area contributed by atoms with Gasteiger partial charge in [0.2, 0.25) is 0 Å². The summed E-state index contributed by atoms with van der Waals surface area (Å²) in [5.41, 5.74) is 6.42. The molecule has 2 aromatic rings. The zero-order valence-corrected chi connectivity index (χ0v) is 12.8. The molecule has 0 saturated heterocycles. The Labute approximate surface area is 121 Å². The molecular weight excluding hydrogens is 247 g/mol. The lowest BCUT2D eigenvalue weighted by Gasteiger charge is -2.12. The van der Waals surface area contributed by atoms with E-state index < -0.39 is 0 Å². The second-order valence-corrected chi connectivity index (χ2v) is 5.92. The molecule has 0 bridgehead atoms. The maximum absolute atomic E-state index is 13.1. The summed E-state index contributed by atoms with van der Waals surface area (Å²) in [6.45, 7) is 8.61. The molecular formula is C19H23F. The molecule has 2 aromatic carbocycles. The third-order valence-electron chi connectivity index (χ3n) is 3.94. The largest absolute Gasteiger partial charge is 0.207 e. The molecule has 0 spiro atoms. The second kappa shape index (κ2) is 6.21. The molecule has 0 aliphatic rings. The minimum atomic E-state index is -0.150. The first-order valence-electron chi connectivity index (χ1n) is 7.32. The number of halogens is 1. The van der Waals surface area contributed by atoms with Gasteiger partial charge in [0.25, 0.3) is 0 Å². The van der Waals surface area contributed by atoms with E-state index in [0.29, 0.717) is 5.92 Å². The lowest BCUT2D eigenvalue weighted by Crippen LogP contribution is -1.98. The molecule has 0 aliphatic carbocycles. The van der Waals surface area contributed by atoms with Crippen LogP contribution in [-0.2, 0) is 12.8 Å². The van der Waals surface area contributed by atoms with Crippen LogP contribution in [0.1, 0.15) is 47.6 Å². The van der Waals surface area contributed by atoms with E-state index in [9.17, 15) is 4.39 Å². The fourth-order valence-electron chi connectivity index (χ4n) is 2.76. The summed E-state index contributed by atoms with van der Waals surface area (Å²) >= 11 is 0. The van der Waals surface area contributed by atoms with Crippen LogP contribution in [0.4, 0.5) is 4.39 Å². The fourth-order valence-corrected chi connectivity index (χ4v) is 2.76. The van der Waals surface area contributed by atoms with Gasteiger partial charge in [-0.25, -0.2) is 4.39 Å². The van der Waals surface area contributed by atoms with E-state index in [2.05, 4.69) is 39.0 Å². The Bertz CT molecular complexity index is 597. The van der Waals surface area contributed by atoms with E-state index in [1.54, 1.807) is 12.1 Å². The standard InChI is InChI=1S/C19H23F/c1-13(2)19-10-6-16(11-15(19)4)5-7-17-8-9-18(20)12-14(17)3/h6,8-13H,5,7H2,1-4H3. The zero-order valence-electron chi connectivity index (χ0n) is 12.8. The number of aryl methyl sites for hydroxylation is 4. The van der Waals surface area contributed by atoms with Crippen LogP contribution >= 0.6 is 0 Å². The fraction of sp³-hybridized carbons (Fsp3) is 0.368. The van der Waals surface area contributed by atoms with Crippen molar-refractivity contribution in [3.05, 3.63) is 70.0 Å². The van der Waals surface area contributed by atoms with Crippen LogP contribution in [0, 0.1) is 19.7 Å². The minimum absolute atomic E-state index is 0.150. The molecule has 0 aliphatic heterocycles. The van der Waals surface area contributed by atoms with Gasteiger partial charge in [-0.1, -0.05) is 38.1 Å². The van der Waals surface area contributed by atoms with Crippen molar-refractivity contribution < 1.29 is 4.39 Å². The van der Waals surface area contributed by atoms with Crippen molar-refractivity contribution in [1.29, 1.82) is 0 Å². The summed E-state index contributed by atoms with van der Waals surface area (Å²) in [6, 6.07) is 11.8. The Hall–Kier alpha value is -1.63. The molecule has 0 atom stereocenters. The Morgan fingerprint density at radius 2 is 1.65 bits per heavy atom. The molecule has 106 valence electrons. The first-order chi connectivity index (χ1) is 9.47. The van der Waals surface area contributed by atoms with Crippen LogP contribution in [0.3, 0.4) is 0 Å². The Morgan fingerprint density at radius 3 is 2.25 bits per heavy atom. The van der Waals surface area contributed by atoms with Gasteiger partial charge in [0, 0.05) is 0 Å². The van der Waals surface area contributed by atoms with Gasteiger partial charge in [-0.2, -0.15) is 0 Å². The van der Waals surface area contributed by atoms with Crippen LogP contribution in [0.15, 0.2) is 36.4 Å². The Balaban J connectivity index is 2.09. The summed E-state index contributed by atoms with van der Waals surface area (Å²) in [6.07, 6.45) is 1.97. The smallest absolute Gasteiger partial charge is 0.123 e. The molecule has 0 heterocycles. The summed E-state index contributed by atoms with van der Waals surface area (Å²) in [7, 11) is 0. The molecule has 0 nitrogen and oxygen atoms in total. The van der Waals surface area contributed by atoms with Crippen molar-refractivity contribution in [1.82, 2.24) is 0 Å². The van der Waals surface area contributed by atoms with Gasteiger partial charge in [-0.3, -0.25) is 0 Å². The molecule has 0 saturated carbocycles. The van der Waals surface area contributed by atoms with Gasteiger partial charge < -0.3 is 0 Å². The molecule has 20 heavy (non-hydrogen) atoms. The molecule has 0 fully saturated rings. The molecule has 0 aromatic heterocycles. The summed E-state index contributed by atoms with van der Waals surface area (Å²) in [5, 5.41) is 0. The average Bonchev–Trinajstić information content (AvgIpc) is 2.37. The lowest BCUT2D eigenvalue weighted by molar-refractivity contribution is 0.625. The highest BCUT2D eigenvalue weighted by Crippen LogP contribution is 2.21. The van der Waals surface area contributed by atoms with Crippen LogP contribution in [0.25, 0.3) is 0 Å². The highest BCUT2D eigenvalue weighted by Gasteiger charge is 2.05. The van der Waals surface area contributed by atoms with E-state index in [4.69, 9.17) is 0 Å². The predicted octanol–water partition coefficient (Wildman–Crippen LogP) is 5.35. The Morgan fingerprint density at radius 1 is 0.900 bits per heavy atom. The van der Waals surface area contributed by atoms with E-state index in [1.165, 1.54) is 22.3 Å². The van der Waals surface area contributed by atoms with Gasteiger partial charge in [-0.15, -0.1) is 0 Å². The van der Waals surface area contributed by atoms with Crippen molar-refractivity contribution in [2.45, 2.75) is 46.5 Å². The van der Waals surface area contributed by atoms with Crippen molar-refractivity contribution in [2.24, 2.45) is 0 Å². The Kier molecular flexibility index (Phi) is 4.59. The SMILES string of the molecule is Cc1cc(F)ccc1CCc1ccc(C(C)C)c(C)c1. The molecule has 0 N–H and O–H groups in total. The second-order valence-electron chi connectivity index (χ2n) is 5.92. The van der Waals surface area contributed by atoms with E-state index >= 15 is 0 Å². The third kappa shape index (κ3) is 3.47. The van der Waals surface area contributed by atoms with Gasteiger partial charge in [0.1, 0.15) is 5.82 Å². The first-order valence-corrected chi connectivity index (χ1v) is 7.32. The maximum Gasteiger partial charge on any atom is 0.123 e. The van der Waals surface area contributed by atoms with Crippen LogP contribution < -0.4 is 0 Å². The van der Waals surface area contributed by atoms with Gasteiger partial charge >= 0.3 is 0 Å². The normalized spacial score (nSPS) is 11.1. The quantitative estimate of drug-likeness (QED) is 0.702. The van der Waals surface area contributed by atoms with E-state index in [1.807, 2.05) is 13.0 Å². The maximum atomic E-state index is 13.1. The summed E-state index contributed by atoms with van der Waals surface area (Å²) in [4.78, 5) is 0. The minimum Gasteiger partial charge on any atom is -0.207 e. The highest BCUT2D eigenvalue weighted by molar-refractivity contribution is 5.34. The number of rotatable bonds is 4. The monoisotopic (exact) mass is 270 g/mol. The highest BCUT2D eigenvalue weighted by atomic mass is 19.1. The summed E-state index contributed by atoms with van der Waals surface area (Å²) in [5.74, 6) is 0.423. The van der Waals surface area contributed by atoms with Crippen LogP contribution in [0.2, 0.25) is 0 Å². The van der Waals surface area contributed by atoms with Crippen molar-refractivity contribution in [3.63, 3.8) is 0 Å². The number of benzene rings is 2. The van der Waals surface area contributed by atoms with Gasteiger partial charge in [-0.05, 0) is 72.6 Å². The van der Waals surface area contributed by atoms with Crippen molar-refractivity contribution in [2.75, 3.05) is 0 Å². The van der Waals surface area contributed by atoms with E-state index in [0.717, 1.165) is 18.4 Å². The predicted molar refractivity (Wildman–Crippen MR) is 83.8 cm³/mol. The first kappa shape index (κ1) is 14.8. The third-order valence-corrected chi connectivity index (χ3v) is 3.94. The summed E-state index contributed by atoms with van der Waals surface area (Å²) < 4.78 is 13.1. The zero-order chi connectivity index (χ0) is 14.7. The van der Waals surface area contributed by atoms with Gasteiger partial charge in [0.15, 0.2) is 0 Å². The van der Waals surface area contributed by atoms with Crippen LogP contribution in [0.5, 0.6) is 0 Å². The molecule has 2 rings (SSSR count). The molecule has 0 radical (unpaired) electrons. The molecule has 0 unspecified atom stereocenters.